The quantitative estimate of drug-likeness (QED) is 0.652. The summed E-state index contributed by atoms with van der Waals surface area (Å²) in [5.41, 5.74) is 0. The van der Waals surface area contributed by atoms with Gasteiger partial charge in [0.1, 0.15) is 0 Å². The molecule has 1 rings (SSSR count). The fourth-order valence-electron chi connectivity index (χ4n) is 1.90. The molecule has 0 aliphatic carbocycles. The molecule has 1 aliphatic rings. The molecule has 1 fully saturated rings. The van der Waals surface area contributed by atoms with Crippen molar-refractivity contribution in [2.75, 3.05) is 13.2 Å². The van der Waals surface area contributed by atoms with Gasteiger partial charge < -0.3 is 5.11 Å². The van der Waals surface area contributed by atoms with Crippen LogP contribution in [0.15, 0.2) is 0 Å². The molecule has 1 heterocycles. The van der Waals surface area contributed by atoms with E-state index in [1.807, 2.05) is 0 Å². The fraction of sp³-hybridized carbons (Fsp3) is 1.00. The minimum atomic E-state index is 0.332. The van der Waals surface area contributed by atoms with Crippen molar-refractivity contribution >= 4 is 0 Å². The van der Waals surface area contributed by atoms with Crippen molar-refractivity contribution in [1.29, 1.82) is 0 Å². The van der Waals surface area contributed by atoms with Gasteiger partial charge in [-0.25, -0.2) is 0 Å². The smallest absolute Gasteiger partial charge is 0.0586 e. The fourth-order valence-corrected chi connectivity index (χ4v) is 1.90. The molecule has 2 heteroatoms. The highest BCUT2D eigenvalue weighted by atomic mass is 16.3. The van der Waals surface area contributed by atoms with Crippen molar-refractivity contribution in [2.45, 2.75) is 45.2 Å². The van der Waals surface area contributed by atoms with Crippen molar-refractivity contribution < 1.29 is 5.11 Å². The van der Waals surface area contributed by atoms with Gasteiger partial charge in [0.2, 0.25) is 0 Å². The zero-order valence-electron chi connectivity index (χ0n) is 7.58. The molecule has 0 unspecified atom stereocenters. The maximum Gasteiger partial charge on any atom is 0.0586 e. The van der Waals surface area contributed by atoms with Crippen LogP contribution in [0.4, 0.5) is 0 Å². The first-order valence-electron chi connectivity index (χ1n) is 4.62. The molecule has 1 N–H and O–H groups in total. The second-order valence-corrected chi connectivity index (χ2v) is 3.66. The van der Waals surface area contributed by atoms with Gasteiger partial charge >= 0.3 is 0 Å². The van der Waals surface area contributed by atoms with Crippen molar-refractivity contribution in [2.24, 2.45) is 0 Å². The van der Waals surface area contributed by atoms with Gasteiger partial charge in [0.15, 0.2) is 0 Å². The number of aliphatic hydroxyl groups is 1. The van der Waals surface area contributed by atoms with E-state index in [1.165, 1.54) is 25.8 Å². The third-order valence-electron chi connectivity index (χ3n) is 2.55. The number of hydrogen-bond acceptors (Lipinski definition) is 2. The highest BCUT2D eigenvalue weighted by Crippen LogP contribution is 2.18. The first-order chi connectivity index (χ1) is 5.25. The molecule has 0 aromatic carbocycles. The summed E-state index contributed by atoms with van der Waals surface area (Å²) in [6.07, 6.45) is 3.76. The summed E-state index contributed by atoms with van der Waals surface area (Å²) in [4.78, 5) is 2.41. The lowest BCUT2D eigenvalue weighted by molar-refractivity contribution is 0.0653. The van der Waals surface area contributed by atoms with E-state index < -0.39 is 0 Å². The maximum atomic E-state index is 9.07. The zero-order valence-corrected chi connectivity index (χ0v) is 7.58. The standard InChI is InChI=1S/C9H19NO/c1-8(2)10-6-4-3-5-9(10)7-11/h8-9,11H,3-7H2,1-2H3/t9-/m1/s1. The Kier molecular flexibility index (Phi) is 3.34. The topological polar surface area (TPSA) is 23.5 Å². The predicted molar refractivity (Wildman–Crippen MR) is 46.6 cm³/mol. The largest absolute Gasteiger partial charge is 0.395 e. The van der Waals surface area contributed by atoms with E-state index in [9.17, 15) is 0 Å². The van der Waals surface area contributed by atoms with Crippen LogP contribution in [-0.2, 0) is 0 Å². The zero-order chi connectivity index (χ0) is 8.27. The Labute approximate surface area is 69.2 Å². The first kappa shape index (κ1) is 9.01. The molecule has 1 saturated heterocycles. The molecule has 0 saturated carbocycles. The molecule has 0 aromatic heterocycles. The minimum absolute atomic E-state index is 0.332. The second-order valence-electron chi connectivity index (χ2n) is 3.66. The third-order valence-corrected chi connectivity index (χ3v) is 2.55. The van der Waals surface area contributed by atoms with Crippen LogP contribution in [0, 0.1) is 0 Å². The molecule has 0 spiro atoms. The molecule has 66 valence electrons. The average Bonchev–Trinajstić information content (AvgIpc) is 2.04. The molecular weight excluding hydrogens is 138 g/mol. The Bertz CT molecular complexity index is 114. The molecule has 1 aliphatic heterocycles. The molecule has 1 atom stereocenters. The van der Waals surface area contributed by atoms with Gasteiger partial charge in [-0.15, -0.1) is 0 Å². The Morgan fingerprint density at radius 3 is 2.64 bits per heavy atom. The van der Waals surface area contributed by atoms with E-state index in [-0.39, 0.29) is 0 Å². The van der Waals surface area contributed by atoms with Gasteiger partial charge in [0.05, 0.1) is 6.61 Å². The molecular formula is C9H19NO. The SMILES string of the molecule is CC(C)N1CCCC[C@@H]1CO. The van der Waals surface area contributed by atoms with E-state index in [2.05, 4.69) is 18.7 Å². The lowest BCUT2D eigenvalue weighted by atomic mass is 10.0. The summed E-state index contributed by atoms with van der Waals surface area (Å²) in [7, 11) is 0. The molecule has 11 heavy (non-hydrogen) atoms. The Morgan fingerprint density at radius 1 is 1.45 bits per heavy atom. The summed E-state index contributed by atoms with van der Waals surface area (Å²) in [5, 5.41) is 9.07. The molecule has 2 nitrogen and oxygen atoms in total. The summed E-state index contributed by atoms with van der Waals surface area (Å²) in [6.45, 7) is 5.91. The lowest BCUT2D eigenvalue weighted by Crippen LogP contribution is -2.45. The van der Waals surface area contributed by atoms with Crippen molar-refractivity contribution in [1.82, 2.24) is 4.90 Å². The molecule has 0 radical (unpaired) electrons. The van der Waals surface area contributed by atoms with E-state index in [4.69, 9.17) is 5.11 Å². The number of likely N-dealkylation sites (tertiary alicyclic amines) is 1. The third kappa shape index (κ3) is 2.17. The van der Waals surface area contributed by atoms with Crippen LogP contribution in [0.5, 0.6) is 0 Å². The number of hydrogen-bond donors (Lipinski definition) is 1. The number of piperidine rings is 1. The summed E-state index contributed by atoms with van der Waals surface area (Å²) >= 11 is 0. The Balaban J connectivity index is 2.44. The van der Waals surface area contributed by atoms with Crippen molar-refractivity contribution in [3.8, 4) is 0 Å². The van der Waals surface area contributed by atoms with Gasteiger partial charge in [-0.3, -0.25) is 4.90 Å². The van der Waals surface area contributed by atoms with E-state index in [0.717, 1.165) is 0 Å². The van der Waals surface area contributed by atoms with Crippen LogP contribution in [0.25, 0.3) is 0 Å². The molecule has 0 amide bonds. The van der Waals surface area contributed by atoms with Gasteiger partial charge in [0, 0.05) is 12.1 Å². The maximum absolute atomic E-state index is 9.07. The van der Waals surface area contributed by atoms with Gasteiger partial charge in [-0.1, -0.05) is 6.42 Å². The van der Waals surface area contributed by atoms with E-state index >= 15 is 0 Å². The second kappa shape index (κ2) is 4.07. The van der Waals surface area contributed by atoms with E-state index in [0.29, 0.717) is 18.7 Å². The Hall–Kier alpha value is -0.0800. The first-order valence-corrected chi connectivity index (χ1v) is 4.62. The van der Waals surface area contributed by atoms with Gasteiger partial charge in [-0.2, -0.15) is 0 Å². The van der Waals surface area contributed by atoms with Gasteiger partial charge in [0.25, 0.3) is 0 Å². The summed E-state index contributed by atoms with van der Waals surface area (Å²) in [5.74, 6) is 0. The summed E-state index contributed by atoms with van der Waals surface area (Å²) in [6, 6.07) is 1.02. The summed E-state index contributed by atoms with van der Waals surface area (Å²) < 4.78 is 0. The molecule has 0 bridgehead atoms. The monoisotopic (exact) mass is 157 g/mol. The van der Waals surface area contributed by atoms with Crippen molar-refractivity contribution in [3.63, 3.8) is 0 Å². The molecule has 0 aromatic rings. The average molecular weight is 157 g/mol. The number of rotatable bonds is 2. The highest BCUT2D eigenvalue weighted by Gasteiger charge is 2.22. The minimum Gasteiger partial charge on any atom is -0.395 e. The number of nitrogens with zero attached hydrogens (tertiary/aromatic N) is 1. The Morgan fingerprint density at radius 2 is 2.18 bits per heavy atom. The van der Waals surface area contributed by atoms with Crippen LogP contribution < -0.4 is 0 Å². The lowest BCUT2D eigenvalue weighted by Gasteiger charge is -2.37. The van der Waals surface area contributed by atoms with Crippen LogP contribution in [0.1, 0.15) is 33.1 Å². The highest BCUT2D eigenvalue weighted by molar-refractivity contribution is 4.78. The van der Waals surface area contributed by atoms with Crippen molar-refractivity contribution in [3.05, 3.63) is 0 Å². The van der Waals surface area contributed by atoms with Crippen LogP contribution in [-0.4, -0.2) is 35.2 Å². The predicted octanol–water partition coefficient (Wildman–Crippen LogP) is 1.24. The number of aliphatic hydroxyl groups excluding tert-OH is 1. The normalized spacial score (nSPS) is 27.8. The van der Waals surface area contributed by atoms with Crippen LogP contribution >= 0.6 is 0 Å². The van der Waals surface area contributed by atoms with Crippen LogP contribution in [0.2, 0.25) is 0 Å². The van der Waals surface area contributed by atoms with Crippen LogP contribution in [0.3, 0.4) is 0 Å². The van der Waals surface area contributed by atoms with Gasteiger partial charge in [-0.05, 0) is 33.2 Å². The van der Waals surface area contributed by atoms with E-state index in [1.54, 1.807) is 0 Å².